The van der Waals surface area contributed by atoms with E-state index in [1.807, 2.05) is 0 Å². The number of hydrogen-bond acceptors (Lipinski definition) is 1. The zero-order valence-electron chi connectivity index (χ0n) is 38.4. The summed E-state index contributed by atoms with van der Waals surface area (Å²) in [5.41, 5.74) is 19.1. The molecule has 0 spiro atoms. The van der Waals surface area contributed by atoms with Gasteiger partial charge >= 0.3 is 0 Å². The lowest BCUT2D eigenvalue weighted by atomic mass is 9.74. The van der Waals surface area contributed by atoms with Gasteiger partial charge in [-0.15, -0.1) is 0 Å². The molecule has 0 heterocycles. The second-order valence-electron chi connectivity index (χ2n) is 18.5. The van der Waals surface area contributed by atoms with Crippen LogP contribution in [0.25, 0.3) is 88.0 Å². The molecule has 0 saturated carbocycles. The van der Waals surface area contributed by atoms with Gasteiger partial charge < -0.3 is 4.90 Å². The molecule has 1 unspecified atom stereocenters. The van der Waals surface area contributed by atoms with Crippen LogP contribution in [0.4, 0.5) is 17.1 Å². The van der Waals surface area contributed by atoms with Crippen LogP contribution in [0, 0.1) is 0 Å². The molecule has 69 heavy (non-hydrogen) atoms. The quantitative estimate of drug-likeness (QED) is 0.138. The van der Waals surface area contributed by atoms with Gasteiger partial charge in [0, 0.05) is 22.4 Å². The molecule has 0 bridgehead atoms. The minimum absolute atomic E-state index is 0.334. The standard InChI is InChI=1S/C68H47N/c1-68(52-27-9-4-10-28-52)62-35-16-15-33-60(62)67-63(68)36-19-37-64(67)69(53-41-38-47(39-42-53)56-34-18-25-46-20-11-12-30-55(46)56)54-29-17-26-50(44-54)51-40-43-58-57-31-13-14-32-59(57)65(48-21-5-2-6-22-48)66(61(58)45-51)49-23-7-3-8-24-49/h2-45H,1H3. The first-order valence-electron chi connectivity index (χ1n) is 24.0. The Morgan fingerprint density at radius 3 is 1.58 bits per heavy atom. The van der Waals surface area contributed by atoms with E-state index in [9.17, 15) is 0 Å². The van der Waals surface area contributed by atoms with E-state index in [4.69, 9.17) is 0 Å². The van der Waals surface area contributed by atoms with Gasteiger partial charge in [0.25, 0.3) is 0 Å². The highest BCUT2D eigenvalue weighted by Gasteiger charge is 2.42. The van der Waals surface area contributed by atoms with Gasteiger partial charge in [0.2, 0.25) is 0 Å². The molecule has 1 aliphatic rings. The predicted molar refractivity (Wildman–Crippen MR) is 293 cm³/mol. The maximum Gasteiger partial charge on any atom is 0.0543 e. The van der Waals surface area contributed by atoms with Crippen LogP contribution in [-0.4, -0.2) is 0 Å². The van der Waals surface area contributed by atoms with Gasteiger partial charge in [0.15, 0.2) is 0 Å². The van der Waals surface area contributed by atoms with Gasteiger partial charge in [-0.1, -0.05) is 231 Å². The molecule has 0 fully saturated rings. The Morgan fingerprint density at radius 1 is 0.290 bits per heavy atom. The summed E-state index contributed by atoms with van der Waals surface area (Å²) in [5.74, 6) is 0. The number of fused-ring (bicyclic) bond motifs is 7. The highest BCUT2D eigenvalue weighted by Crippen LogP contribution is 2.57. The van der Waals surface area contributed by atoms with Gasteiger partial charge in [-0.05, 0) is 142 Å². The summed E-state index contributed by atoms with van der Waals surface area (Å²) in [6, 6.07) is 98.4. The maximum absolute atomic E-state index is 2.49. The van der Waals surface area contributed by atoms with E-state index in [-0.39, 0.29) is 5.41 Å². The maximum atomic E-state index is 2.49. The minimum Gasteiger partial charge on any atom is -0.310 e. The summed E-state index contributed by atoms with van der Waals surface area (Å²) < 4.78 is 0. The van der Waals surface area contributed by atoms with Crippen molar-refractivity contribution in [3.05, 3.63) is 284 Å². The molecule has 0 saturated heterocycles. The molecule has 12 aromatic rings. The van der Waals surface area contributed by atoms with E-state index in [0.717, 1.165) is 22.6 Å². The smallest absolute Gasteiger partial charge is 0.0543 e. The Balaban J connectivity index is 1.03. The number of rotatable bonds is 8. The van der Waals surface area contributed by atoms with Gasteiger partial charge in [-0.3, -0.25) is 0 Å². The van der Waals surface area contributed by atoms with Crippen LogP contribution in [0.2, 0.25) is 0 Å². The normalized spacial score (nSPS) is 13.9. The highest BCUT2D eigenvalue weighted by atomic mass is 15.1. The molecular weight excluding hydrogens is 831 g/mol. The van der Waals surface area contributed by atoms with Crippen molar-refractivity contribution in [1.82, 2.24) is 0 Å². The first-order chi connectivity index (χ1) is 34.1. The third-order valence-corrected chi connectivity index (χ3v) is 14.7. The predicted octanol–water partition coefficient (Wildman–Crippen LogP) is 18.6. The fourth-order valence-corrected chi connectivity index (χ4v) is 11.5. The summed E-state index contributed by atoms with van der Waals surface area (Å²) in [6.45, 7) is 2.40. The van der Waals surface area contributed by atoms with Crippen molar-refractivity contribution >= 4 is 49.4 Å². The SMILES string of the molecule is CC1(c2ccccc2)c2ccccc2-c2c(N(c3ccc(-c4cccc5ccccc45)cc3)c3cccc(-c4ccc5c(c4)c(-c4ccccc4)c(-c4ccccc4)c4ccccc45)c3)cccc21. The Morgan fingerprint density at radius 2 is 0.812 bits per heavy atom. The lowest BCUT2D eigenvalue weighted by Gasteiger charge is -2.31. The van der Waals surface area contributed by atoms with E-state index in [1.54, 1.807) is 0 Å². The number of hydrogen-bond donors (Lipinski definition) is 0. The lowest BCUT2D eigenvalue weighted by molar-refractivity contribution is 0.714. The van der Waals surface area contributed by atoms with Crippen molar-refractivity contribution in [3.8, 4) is 55.6 Å². The molecule has 0 amide bonds. The van der Waals surface area contributed by atoms with Crippen molar-refractivity contribution in [1.29, 1.82) is 0 Å². The summed E-state index contributed by atoms with van der Waals surface area (Å²) in [6.07, 6.45) is 0. The summed E-state index contributed by atoms with van der Waals surface area (Å²) in [7, 11) is 0. The number of benzene rings is 12. The van der Waals surface area contributed by atoms with Crippen LogP contribution >= 0.6 is 0 Å². The van der Waals surface area contributed by atoms with Gasteiger partial charge in [0.05, 0.1) is 5.69 Å². The fourth-order valence-electron chi connectivity index (χ4n) is 11.5. The van der Waals surface area contributed by atoms with Crippen molar-refractivity contribution in [2.75, 3.05) is 4.90 Å². The highest BCUT2D eigenvalue weighted by molar-refractivity contribution is 6.22. The van der Waals surface area contributed by atoms with Crippen LogP contribution < -0.4 is 4.90 Å². The van der Waals surface area contributed by atoms with E-state index < -0.39 is 0 Å². The molecule has 0 N–H and O–H groups in total. The summed E-state index contributed by atoms with van der Waals surface area (Å²) in [4.78, 5) is 2.49. The number of anilines is 3. The Kier molecular flexibility index (Phi) is 9.70. The largest absolute Gasteiger partial charge is 0.310 e. The Bertz CT molecular complexity index is 3890. The zero-order valence-corrected chi connectivity index (χ0v) is 38.4. The summed E-state index contributed by atoms with van der Waals surface area (Å²) in [5, 5.41) is 7.49. The Hall–Kier alpha value is -8.78. The zero-order chi connectivity index (χ0) is 45.9. The van der Waals surface area contributed by atoms with Crippen molar-refractivity contribution in [3.63, 3.8) is 0 Å². The van der Waals surface area contributed by atoms with Gasteiger partial charge in [-0.2, -0.15) is 0 Å². The third-order valence-electron chi connectivity index (χ3n) is 14.7. The average Bonchev–Trinajstić information content (AvgIpc) is 3.70. The molecule has 0 radical (unpaired) electrons. The molecule has 324 valence electrons. The van der Waals surface area contributed by atoms with E-state index in [0.29, 0.717) is 0 Å². The fraction of sp³-hybridized carbons (Fsp3) is 0.0294. The van der Waals surface area contributed by atoms with Crippen LogP contribution in [0.15, 0.2) is 267 Å². The van der Waals surface area contributed by atoms with E-state index >= 15 is 0 Å². The minimum atomic E-state index is -0.334. The molecule has 1 nitrogen and oxygen atoms in total. The van der Waals surface area contributed by atoms with Gasteiger partial charge in [0.1, 0.15) is 0 Å². The summed E-state index contributed by atoms with van der Waals surface area (Å²) >= 11 is 0. The molecular formula is C68H47N. The van der Waals surface area contributed by atoms with Crippen LogP contribution in [-0.2, 0) is 5.41 Å². The molecule has 0 aliphatic heterocycles. The lowest BCUT2D eigenvalue weighted by Crippen LogP contribution is -2.22. The molecule has 12 aromatic carbocycles. The van der Waals surface area contributed by atoms with Crippen LogP contribution in [0.3, 0.4) is 0 Å². The second kappa shape index (κ2) is 16.5. The van der Waals surface area contributed by atoms with Crippen LogP contribution in [0.5, 0.6) is 0 Å². The first kappa shape index (κ1) is 40.5. The van der Waals surface area contributed by atoms with Gasteiger partial charge in [-0.25, -0.2) is 0 Å². The van der Waals surface area contributed by atoms with Crippen molar-refractivity contribution < 1.29 is 0 Å². The first-order valence-corrected chi connectivity index (χ1v) is 24.0. The molecule has 13 rings (SSSR count). The Labute approximate surface area is 403 Å². The van der Waals surface area contributed by atoms with E-state index in [1.165, 1.54) is 99.1 Å². The topological polar surface area (TPSA) is 3.24 Å². The average molecular weight is 878 g/mol. The van der Waals surface area contributed by atoms with Crippen LogP contribution in [0.1, 0.15) is 23.6 Å². The monoisotopic (exact) mass is 877 g/mol. The molecule has 0 aromatic heterocycles. The molecule has 1 heteroatoms. The third kappa shape index (κ3) is 6.61. The molecule has 1 atom stereocenters. The van der Waals surface area contributed by atoms with Crippen molar-refractivity contribution in [2.45, 2.75) is 12.3 Å². The van der Waals surface area contributed by atoms with E-state index in [2.05, 4.69) is 279 Å². The molecule has 1 aliphatic carbocycles. The second-order valence-corrected chi connectivity index (χ2v) is 18.5. The number of nitrogens with zero attached hydrogens (tertiary/aromatic N) is 1. The van der Waals surface area contributed by atoms with Crippen molar-refractivity contribution in [2.24, 2.45) is 0 Å².